The van der Waals surface area contributed by atoms with Crippen molar-refractivity contribution < 1.29 is 39.5 Å². The predicted molar refractivity (Wildman–Crippen MR) is 101 cm³/mol. The Hall–Kier alpha value is -1.22. The molecule has 0 bridgehead atoms. The van der Waals surface area contributed by atoms with Crippen LogP contribution in [-0.2, 0) is 19.1 Å². The van der Waals surface area contributed by atoms with Crippen LogP contribution < -0.4 is 0 Å². The summed E-state index contributed by atoms with van der Waals surface area (Å²) in [6.45, 7) is 4.62. The summed E-state index contributed by atoms with van der Waals surface area (Å²) in [5, 5.41) is 33.5. The van der Waals surface area contributed by atoms with Crippen LogP contribution in [0, 0.1) is 5.41 Å². The van der Waals surface area contributed by atoms with Crippen LogP contribution in [0.4, 0.5) is 0 Å². The maximum Gasteiger partial charge on any atom is 0.305 e. The number of rotatable bonds is 7. The molecule has 1 aliphatic heterocycles. The third-order valence-corrected chi connectivity index (χ3v) is 3.54. The Morgan fingerprint density at radius 2 is 1.11 bits per heavy atom. The monoisotopic (exact) mass is 394 g/mol. The number of hydrogen-bond donors (Lipinski definition) is 4. The van der Waals surface area contributed by atoms with Gasteiger partial charge in [0.1, 0.15) is 13.2 Å². The van der Waals surface area contributed by atoms with E-state index in [0.717, 1.165) is 25.7 Å². The Kier molecular flexibility index (Phi) is 20.3. The lowest BCUT2D eigenvalue weighted by Gasteiger charge is -2.16. The highest BCUT2D eigenvalue weighted by Crippen LogP contribution is 2.10. The molecule has 1 rings (SSSR count). The summed E-state index contributed by atoms with van der Waals surface area (Å²) in [5.74, 6) is -0.402. The first kappa shape index (κ1) is 28.0. The van der Waals surface area contributed by atoms with Gasteiger partial charge in [0.15, 0.2) is 0 Å². The van der Waals surface area contributed by atoms with Crippen LogP contribution in [0.2, 0.25) is 0 Å². The standard InChI is InChI=1S/C8H12O4.C6H14O2.C5H12O2/c9-7-3-1-2-4-8(10)12-6-5-11-7;7-5-3-1-2-4-6-8;1-5(2,3-6)4-7/h1-6H2;7-8H,1-6H2;6-7H,3-4H2,1-2H3. The largest absolute Gasteiger partial charge is 0.462 e. The minimum Gasteiger partial charge on any atom is -0.462 e. The van der Waals surface area contributed by atoms with E-state index < -0.39 is 0 Å². The van der Waals surface area contributed by atoms with E-state index in [0.29, 0.717) is 25.7 Å². The molecule has 0 amide bonds. The summed E-state index contributed by atoms with van der Waals surface area (Å²) in [4.78, 5) is 21.6. The van der Waals surface area contributed by atoms with Gasteiger partial charge in [-0.1, -0.05) is 26.7 Å². The highest BCUT2D eigenvalue weighted by atomic mass is 16.6. The van der Waals surface area contributed by atoms with Crippen LogP contribution >= 0.6 is 0 Å². The number of esters is 2. The fourth-order valence-corrected chi connectivity index (χ4v) is 1.62. The summed E-state index contributed by atoms with van der Waals surface area (Å²) in [6.07, 6.45) is 6.05. The lowest BCUT2D eigenvalue weighted by atomic mass is 9.97. The SMILES string of the molecule is CC(C)(CO)CO.O=C1CCCCC(=O)OCCO1.OCCCCCCO. The molecule has 27 heavy (non-hydrogen) atoms. The van der Waals surface area contributed by atoms with E-state index in [-0.39, 0.29) is 57.0 Å². The van der Waals surface area contributed by atoms with Gasteiger partial charge in [0.25, 0.3) is 0 Å². The third kappa shape index (κ3) is 22.7. The molecule has 8 heteroatoms. The predicted octanol–water partition coefficient (Wildman–Crippen LogP) is 1.18. The number of carbonyl (C=O) groups is 2. The summed E-state index contributed by atoms with van der Waals surface area (Å²) in [5.41, 5.74) is -0.306. The number of carbonyl (C=O) groups excluding carboxylic acids is 2. The molecule has 1 aliphatic rings. The minimum absolute atomic E-state index is 0.0451. The van der Waals surface area contributed by atoms with Crippen molar-refractivity contribution >= 4 is 11.9 Å². The molecule has 0 aromatic rings. The van der Waals surface area contributed by atoms with Crippen molar-refractivity contribution in [3.05, 3.63) is 0 Å². The van der Waals surface area contributed by atoms with Crippen molar-refractivity contribution in [2.24, 2.45) is 5.41 Å². The highest BCUT2D eigenvalue weighted by Gasteiger charge is 2.13. The Bertz CT molecular complexity index is 310. The first-order valence-corrected chi connectivity index (χ1v) is 9.57. The van der Waals surface area contributed by atoms with Crippen LogP contribution in [0.1, 0.15) is 65.2 Å². The molecule has 0 saturated carbocycles. The Morgan fingerprint density at radius 3 is 1.37 bits per heavy atom. The maximum absolute atomic E-state index is 10.8. The smallest absolute Gasteiger partial charge is 0.305 e. The first-order chi connectivity index (χ1) is 12.8. The number of aliphatic hydroxyl groups excluding tert-OH is 4. The van der Waals surface area contributed by atoms with Gasteiger partial charge in [-0.25, -0.2) is 0 Å². The van der Waals surface area contributed by atoms with Gasteiger partial charge in [0.2, 0.25) is 0 Å². The Labute approximate surface area is 162 Å². The van der Waals surface area contributed by atoms with E-state index in [1.807, 2.05) is 0 Å². The molecule has 1 saturated heterocycles. The van der Waals surface area contributed by atoms with Crippen LogP contribution in [-0.4, -0.2) is 72.0 Å². The van der Waals surface area contributed by atoms with Gasteiger partial charge >= 0.3 is 11.9 Å². The molecule has 0 aromatic heterocycles. The summed E-state index contributed by atoms with van der Waals surface area (Å²) in [6, 6.07) is 0. The zero-order valence-electron chi connectivity index (χ0n) is 16.8. The van der Waals surface area contributed by atoms with Gasteiger partial charge in [-0.3, -0.25) is 9.59 Å². The molecule has 0 aromatic carbocycles. The fraction of sp³-hybridized carbons (Fsp3) is 0.895. The van der Waals surface area contributed by atoms with E-state index in [1.54, 1.807) is 13.8 Å². The van der Waals surface area contributed by atoms with Gasteiger partial charge in [0.05, 0.1) is 13.2 Å². The number of unbranched alkanes of at least 4 members (excludes halogenated alkanes) is 3. The van der Waals surface area contributed by atoms with Crippen molar-refractivity contribution in [1.82, 2.24) is 0 Å². The molecule has 8 nitrogen and oxygen atoms in total. The number of hydrogen-bond acceptors (Lipinski definition) is 8. The molecule has 0 unspecified atom stereocenters. The van der Waals surface area contributed by atoms with E-state index in [1.165, 1.54) is 0 Å². The van der Waals surface area contributed by atoms with E-state index in [2.05, 4.69) is 0 Å². The van der Waals surface area contributed by atoms with E-state index in [4.69, 9.17) is 29.9 Å². The van der Waals surface area contributed by atoms with Gasteiger partial charge in [0, 0.05) is 31.5 Å². The highest BCUT2D eigenvalue weighted by molar-refractivity contribution is 5.71. The number of cyclic esters (lactones) is 2. The van der Waals surface area contributed by atoms with Crippen molar-refractivity contribution in [3.8, 4) is 0 Å². The topological polar surface area (TPSA) is 134 Å². The fourth-order valence-electron chi connectivity index (χ4n) is 1.62. The lowest BCUT2D eigenvalue weighted by Crippen LogP contribution is -2.20. The van der Waals surface area contributed by atoms with Gasteiger partial charge in [-0.2, -0.15) is 0 Å². The summed E-state index contributed by atoms with van der Waals surface area (Å²) in [7, 11) is 0. The molecule has 1 heterocycles. The lowest BCUT2D eigenvalue weighted by molar-refractivity contribution is -0.153. The van der Waals surface area contributed by atoms with E-state index in [9.17, 15) is 9.59 Å². The van der Waals surface area contributed by atoms with Crippen LogP contribution in [0.3, 0.4) is 0 Å². The summed E-state index contributed by atoms with van der Waals surface area (Å²) >= 11 is 0. The second kappa shape index (κ2) is 19.5. The molecule has 0 atom stereocenters. The van der Waals surface area contributed by atoms with Crippen molar-refractivity contribution in [2.75, 3.05) is 39.6 Å². The van der Waals surface area contributed by atoms with Gasteiger partial charge in [-0.15, -0.1) is 0 Å². The Morgan fingerprint density at radius 1 is 0.741 bits per heavy atom. The van der Waals surface area contributed by atoms with E-state index >= 15 is 0 Å². The Balaban J connectivity index is 0. The maximum atomic E-state index is 10.8. The minimum atomic E-state index is -0.306. The molecule has 4 N–H and O–H groups in total. The molecule has 0 spiro atoms. The second-order valence-corrected chi connectivity index (χ2v) is 6.99. The second-order valence-electron chi connectivity index (χ2n) is 6.99. The zero-order valence-corrected chi connectivity index (χ0v) is 16.8. The number of aliphatic hydroxyl groups is 4. The first-order valence-electron chi connectivity index (χ1n) is 9.57. The molecule has 1 fully saturated rings. The van der Waals surface area contributed by atoms with Gasteiger partial charge < -0.3 is 29.9 Å². The molecular formula is C19H38O8. The quantitative estimate of drug-likeness (QED) is 0.374. The van der Waals surface area contributed by atoms with Gasteiger partial charge in [-0.05, 0) is 25.7 Å². The average Bonchev–Trinajstić information content (AvgIpc) is 2.67. The van der Waals surface area contributed by atoms with Crippen molar-refractivity contribution in [1.29, 1.82) is 0 Å². The van der Waals surface area contributed by atoms with Crippen molar-refractivity contribution in [3.63, 3.8) is 0 Å². The molecule has 0 aliphatic carbocycles. The third-order valence-electron chi connectivity index (χ3n) is 3.54. The molecule has 162 valence electrons. The molecule has 0 radical (unpaired) electrons. The molecular weight excluding hydrogens is 356 g/mol. The van der Waals surface area contributed by atoms with Crippen LogP contribution in [0.25, 0.3) is 0 Å². The van der Waals surface area contributed by atoms with Crippen molar-refractivity contribution in [2.45, 2.75) is 65.2 Å². The van der Waals surface area contributed by atoms with Crippen LogP contribution in [0.15, 0.2) is 0 Å². The summed E-state index contributed by atoms with van der Waals surface area (Å²) < 4.78 is 9.50. The average molecular weight is 395 g/mol. The normalized spacial score (nSPS) is 15.3. The van der Waals surface area contributed by atoms with Crippen LogP contribution in [0.5, 0.6) is 0 Å². The number of ether oxygens (including phenoxy) is 2. The zero-order chi connectivity index (χ0) is 21.0.